The van der Waals surface area contributed by atoms with E-state index in [1.807, 2.05) is 20.2 Å². The third-order valence-corrected chi connectivity index (χ3v) is 1.87. The van der Waals surface area contributed by atoms with E-state index in [4.69, 9.17) is 0 Å². The molecule has 10 heavy (non-hydrogen) atoms. The van der Waals surface area contributed by atoms with E-state index in [1.165, 1.54) is 0 Å². The van der Waals surface area contributed by atoms with Crippen LogP contribution < -0.4 is 0 Å². The molecule has 0 saturated carbocycles. The fourth-order valence-corrected chi connectivity index (χ4v) is 0.984. The number of amidine groups is 1. The smallest absolute Gasteiger partial charge is 0.124 e. The summed E-state index contributed by atoms with van der Waals surface area (Å²) in [4.78, 5) is 2.13. The van der Waals surface area contributed by atoms with Crippen molar-refractivity contribution in [3.8, 4) is 0 Å². The van der Waals surface area contributed by atoms with E-state index in [0.29, 0.717) is 6.04 Å². The summed E-state index contributed by atoms with van der Waals surface area (Å²) in [5, 5.41) is 7.80. The molecular formula is C7H13N3. The molecule has 3 nitrogen and oxygen atoms in total. The first kappa shape index (κ1) is 7.25. The van der Waals surface area contributed by atoms with Gasteiger partial charge in [-0.25, -0.2) is 0 Å². The van der Waals surface area contributed by atoms with Crippen LogP contribution in [0.1, 0.15) is 20.3 Å². The lowest BCUT2D eigenvalue weighted by Crippen LogP contribution is -2.38. The van der Waals surface area contributed by atoms with E-state index in [2.05, 4.69) is 22.0 Å². The molecule has 0 aromatic carbocycles. The second kappa shape index (κ2) is 2.82. The molecule has 0 fully saturated rings. The average Bonchev–Trinajstić information content (AvgIpc) is 1.95. The van der Waals surface area contributed by atoms with Crippen molar-refractivity contribution in [2.45, 2.75) is 26.3 Å². The molecule has 0 spiro atoms. The van der Waals surface area contributed by atoms with Gasteiger partial charge in [-0.2, -0.15) is 5.10 Å². The largest absolute Gasteiger partial charge is 0.354 e. The zero-order valence-corrected chi connectivity index (χ0v) is 6.70. The Morgan fingerprint density at radius 3 is 2.90 bits per heavy atom. The van der Waals surface area contributed by atoms with Gasteiger partial charge in [0.05, 0.1) is 6.04 Å². The van der Waals surface area contributed by atoms with Crippen molar-refractivity contribution in [2.75, 3.05) is 7.05 Å². The van der Waals surface area contributed by atoms with Gasteiger partial charge in [0, 0.05) is 13.3 Å². The fourth-order valence-electron chi connectivity index (χ4n) is 0.984. The molecule has 0 N–H and O–H groups in total. The van der Waals surface area contributed by atoms with Gasteiger partial charge >= 0.3 is 0 Å². The maximum Gasteiger partial charge on any atom is 0.124 e. The summed E-state index contributed by atoms with van der Waals surface area (Å²) >= 11 is 0. The lowest BCUT2D eigenvalue weighted by molar-refractivity contribution is 0.432. The Bertz CT molecular complexity index is 172. The summed E-state index contributed by atoms with van der Waals surface area (Å²) in [6.07, 6.45) is 2.97. The first-order chi connectivity index (χ1) is 4.75. The third kappa shape index (κ3) is 1.17. The van der Waals surface area contributed by atoms with Gasteiger partial charge < -0.3 is 4.90 Å². The molecule has 1 unspecified atom stereocenters. The van der Waals surface area contributed by atoms with E-state index >= 15 is 0 Å². The third-order valence-electron chi connectivity index (χ3n) is 1.87. The maximum absolute atomic E-state index is 3.92. The molecule has 0 aromatic rings. The summed E-state index contributed by atoms with van der Waals surface area (Å²) in [7, 11) is 2.04. The number of hydrogen-bond acceptors (Lipinski definition) is 3. The first-order valence-corrected chi connectivity index (χ1v) is 3.56. The van der Waals surface area contributed by atoms with Crippen LogP contribution in [-0.2, 0) is 0 Å². The summed E-state index contributed by atoms with van der Waals surface area (Å²) in [5.41, 5.74) is 0. The second-order valence-electron chi connectivity index (χ2n) is 2.50. The summed E-state index contributed by atoms with van der Waals surface area (Å²) in [6, 6.07) is 0.442. The highest BCUT2D eigenvalue weighted by Gasteiger charge is 2.13. The van der Waals surface area contributed by atoms with Crippen LogP contribution in [0.2, 0.25) is 0 Å². The van der Waals surface area contributed by atoms with Gasteiger partial charge in [-0.3, -0.25) is 0 Å². The number of rotatable bonds is 1. The minimum Gasteiger partial charge on any atom is -0.354 e. The van der Waals surface area contributed by atoms with E-state index < -0.39 is 0 Å². The summed E-state index contributed by atoms with van der Waals surface area (Å²) in [6.45, 7) is 4.12. The van der Waals surface area contributed by atoms with Gasteiger partial charge in [0.2, 0.25) is 0 Å². The highest BCUT2D eigenvalue weighted by atomic mass is 15.3. The van der Waals surface area contributed by atoms with Gasteiger partial charge in [-0.15, -0.1) is 5.10 Å². The van der Waals surface area contributed by atoms with E-state index in [0.717, 1.165) is 12.3 Å². The topological polar surface area (TPSA) is 28.0 Å². The lowest BCUT2D eigenvalue weighted by Gasteiger charge is -2.26. The molecule has 0 aromatic heterocycles. The Labute approximate surface area is 61.4 Å². The van der Waals surface area contributed by atoms with Crippen molar-refractivity contribution in [1.29, 1.82) is 0 Å². The van der Waals surface area contributed by atoms with Crippen molar-refractivity contribution < 1.29 is 0 Å². The molecule has 3 heteroatoms. The van der Waals surface area contributed by atoms with Crippen molar-refractivity contribution in [1.82, 2.24) is 4.90 Å². The van der Waals surface area contributed by atoms with Gasteiger partial charge in [-0.1, -0.05) is 6.92 Å². The molecule has 0 aliphatic carbocycles. The van der Waals surface area contributed by atoms with Crippen molar-refractivity contribution in [3.05, 3.63) is 0 Å². The normalized spacial score (nSPS) is 24.9. The van der Waals surface area contributed by atoms with E-state index in [-0.39, 0.29) is 0 Å². The van der Waals surface area contributed by atoms with Crippen LogP contribution in [0.15, 0.2) is 10.2 Å². The van der Waals surface area contributed by atoms with Crippen molar-refractivity contribution in [2.24, 2.45) is 10.2 Å². The van der Waals surface area contributed by atoms with Crippen molar-refractivity contribution in [3.63, 3.8) is 0 Å². The second-order valence-corrected chi connectivity index (χ2v) is 2.50. The summed E-state index contributed by atoms with van der Waals surface area (Å²) in [5.74, 6) is 0.995. The maximum atomic E-state index is 3.92. The lowest BCUT2D eigenvalue weighted by atomic mass is 10.2. The average molecular weight is 139 g/mol. The summed E-state index contributed by atoms with van der Waals surface area (Å²) < 4.78 is 0. The van der Waals surface area contributed by atoms with Crippen LogP contribution in [-0.4, -0.2) is 30.0 Å². The highest BCUT2D eigenvalue weighted by Crippen LogP contribution is 2.04. The molecule has 1 atom stereocenters. The molecule has 1 heterocycles. The monoisotopic (exact) mass is 139 g/mol. The van der Waals surface area contributed by atoms with E-state index in [1.54, 1.807) is 0 Å². The predicted octanol–water partition coefficient (Wildman–Crippen LogP) is 1.11. The molecule has 0 bridgehead atoms. The Morgan fingerprint density at radius 1 is 1.70 bits per heavy atom. The molecule has 0 radical (unpaired) electrons. The molecule has 1 aliphatic rings. The molecular weight excluding hydrogens is 126 g/mol. The first-order valence-electron chi connectivity index (χ1n) is 3.56. The Balaban J connectivity index is 2.68. The van der Waals surface area contributed by atoms with Crippen LogP contribution in [0.25, 0.3) is 0 Å². The van der Waals surface area contributed by atoms with Crippen LogP contribution in [0.4, 0.5) is 0 Å². The molecule has 56 valence electrons. The minimum absolute atomic E-state index is 0.442. The van der Waals surface area contributed by atoms with E-state index in [9.17, 15) is 0 Å². The molecule has 0 amide bonds. The zero-order chi connectivity index (χ0) is 7.56. The molecule has 1 aliphatic heterocycles. The van der Waals surface area contributed by atoms with Gasteiger partial charge in [0.1, 0.15) is 5.84 Å². The Hall–Kier alpha value is -0.860. The van der Waals surface area contributed by atoms with Crippen molar-refractivity contribution >= 4 is 12.1 Å². The van der Waals surface area contributed by atoms with Gasteiger partial charge in [0.15, 0.2) is 0 Å². The van der Waals surface area contributed by atoms with Gasteiger partial charge in [0.25, 0.3) is 0 Å². The quantitative estimate of drug-likeness (QED) is 0.535. The van der Waals surface area contributed by atoms with Crippen LogP contribution in [0.3, 0.4) is 0 Å². The molecule has 1 rings (SSSR count). The van der Waals surface area contributed by atoms with Crippen LogP contribution >= 0.6 is 0 Å². The number of hydrogen-bond donors (Lipinski definition) is 0. The van der Waals surface area contributed by atoms with Crippen LogP contribution in [0, 0.1) is 0 Å². The Kier molecular flexibility index (Phi) is 2.04. The highest BCUT2D eigenvalue weighted by molar-refractivity contribution is 5.85. The number of nitrogens with zero attached hydrogens (tertiary/aromatic N) is 3. The minimum atomic E-state index is 0.442. The van der Waals surface area contributed by atoms with Gasteiger partial charge in [-0.05, 0) is 13.3 Å². The fraction of sp³-hybridized carbons (Fsp3) is 0.714. The van der Waals surface area contributed by atoms with Crippen LogP contribution in [0.5, 0.6) is 0 Å². The molecule has 0 saturated heterocycles. The predicted molar refractivity (Wildman–Crippen MR) is 43.4 cm³/mol. The standard InChI is InChI=1S/C7H13N3/c1-4-7-5-8-9-6(2)10(7)3/h5,7H,4H2,1-3H3. The zero-order valence-electron chi connectivity index (χ0n) is 6.70. The Morgan fingerprint density at radius 2 is 2.40 bits per heavy atom. The SMILES string of the molecule is CCC1C=NN=C(C)N1C.